The maximum atomic E-state index is 11.6. The number of carbonyl (C=O) groups is 2. The van der Waals surface area contributed by atoms with Gasteiger partial charge in [-0.15, -0.1) is 0 Å². The fourth-order valence-corrected chi connectivity index (χ4v) is 2.30. The Hall–Kier alpha value is -2.40. The molecular formula is C16H20N3O2+. The lowest BCUT2D eigenvalue weighted by molar-refractivity contribution is -0.682. The minimum absolute atomic E-state index is 0.131. The van der Waals surface area contributed by atoms with Crippen LogP contribution >= 0.6 is 0 Å². The Morgan fingerprint density at radius 2 is 1.86 bits per heavy atom. The zero-order chi connectivity index (χ0) is 15.2. The standard InChI is InChI=1S/C16H19N3O2/c1-11(18-10-15(20)19-16(21)17-2)13-9-5-7-12-6-3-4-8-14(12)13/h3-9,11,18H,10H2,1-2H3,(H2,17,19,20,21)/p+1/t11-/m1/s1. The summed E-state index contributed by atoms with van der Waals surface area (Å²) < 4.78 is 0. The van der Waals surface area contributed by atoms with E-state index in [1.165, 1.54) is 23.4 Å². The molecule has 0 aliphatic heterocycles. The van der Waals surface area contributed by atoms with E-state index in [1.807, 2.05) is 23.5 Å². The second kappa shape index (κ2) is 6.85. The van der Waals surface area contributed by atoms with Crippen LogP contribution in [0.4, 0.5) is 4.79 Å². The van der Waals surface area contributed by atoms with E-state index in [0.717, 1.165) is 0 Å². The van der Waals surface area contributed by atoms with Gasteiger partial charge in [0.1, 0.15) is 6.04 Å². The Bertz CT molecular complexity index is 650. The second-order valence-corrected chi connectivity index (χ2v) is 4.92. The molecule has 5 nitrogen and oxygen atoms in total. The summed E-state index contributed by atoms with van der Waals surface area (Å²) in [6, 6.07) is 14.0. The molecule has 2 aromatic rings. The van der Waals surface area contributed by atoms with Crippen molar-refractivity contribution in [3.63, 3.8) is 0 Å². The molecule has 110 valence electrons. The number of nitrogens with one attached hydrogen (secondary N) is 2. The molecule has 0 unspecified atom stereocenters. The Kier molecular flexibility index (Phi) is 4.90. The highest BCUT2D eigenvalue weighted by atomic mass is 16.2. The molecule has 2 rings (SSSR count). The summed E-state index contributed by atoms with van der Waals surface area (Å²) >= 11 is 0. The first-order valence-corrected chi connectivity index (χ1v) is 6.94. The van der Waals surface area contributed by atoms with Gasteiger partial charge in [-0.2, -0.15) is 0 Å². The number of amides is 3. The van der Waals surface area contributed by atoms with Gasteiger partial charge in [0, 0.05) is 12.6 Å². The molecule has 0 heterocycles. The van der Waals surface area contributed by atoms with E-state index in [2.05, 4.69) is 41.8 Å². The molecule has 3 amide bonds. The summed E-state index contributed by atoms with van der Waals surface area (Å²) in [7, 11) is 1.48. The average Bonchev–Trinajstić information content (AvgIpc) is 2.51. The van der Waals surface area contributed by atoms with Crippen molar-refractivity contribution in [2.45, 2.75) is 13.0 Å². The van der Waals surface area contributed by atoms with Gasteiger partial charge in [-0.3, -0.25) is 10.1 Å². The molecule has 0 fully saturated rings. The fourth-order valence-electron chi connectivity index (χ4n) is 2.30. The van der Waals surface area contributed by atoms with Crippen molar-refractivity contribution in [3.8, 4) is 0 Å². The molecule has 4 N–H and O–H groups in total. The summed E-state index contributed by atoms with van der Waals surface area (Å²) in [5.74, 6) is -0.304. The van der Waals surface area contributed by atoms with Crippen LogP contribution in [0.2, 0.25) is 0 Å². The molecule has 1 atom stereocenters. The molecule has 0 aromatic heterocycles. The minimum Gasteiger partial charge on any atom is -0.341 e. The molecule has 0 saturated carbocycles. The number of imide groups is 1. The lowest BCUT2D eigenvalue weighted by Gasteiger charge is -2.13. The van der Waals surface area contributed by atoms with Gasteiger partial charge in [-0.1, -0.05) is 42.5 Å². The Balaban J connectivity index is 2.04. The van der Waals surface area contributed by atoms with Crippen molar-refractivity contribution < 1.29 is 14.9 Å². The van der Waals surface area contributed by atoms with Crippen LogP contribution in [0.5, 0.6) is 0 Å². The van der Waals surface area contributed by atoms with Gasteiger partial charge in [0.05, 0.1) is 0 Å². The van der Waals surface area contributed by atoms with Gasteiger partial charge >= 0.3 is 6.03 Å². The lowest BCUT2D eigenvalue weighted by Crippen LogP contribution is -2.87. The van der Waals surface area contributed by atoms with Crippen molar-refractivity contribution in [2.75, 3.05) is 13.6 Å². The lowest BCUT2D eigenvalue weighted by atomic mass is 10.00. The predicted octanol–water partition coefficient (Wildman–Crippen LogP) is 0.920. The molecule has 0 radical (unpaired) electrons. The van der Waals surface area contributed by atoms with Gasteiger partial charge in [-0.25, -0.2) is 4.79 Å². The number of nitrogens with two attached hydrogens (primary N) is 1. The predicted molar refractivity (Wildman–Crippen MR) is 81.8 cm³/mol. The van der Waals surface area contributed by atoms with E-state index in [1.54, 1.807) is 0 Å². The monoisotopic (exact) mass is 286 g/mol. The summed E-state index contributed by atoms with van der Waals surface area (Å²) in [5, 5.41) is 8.90. The Morgan fingerprint density at radius 1 is 1.14 bits per heavy atom. The molecular weight excluding hydrogens is 266 g/mol. The van der Waals surface area contributed by atoms with Crippen LogP contribution in [0.25, 0.3) is 10.8 Å². The number of rotatable bonds is 4. The van der Waals surface area contributed by atoms with E-state index >= 15 is 0 Å². The quantitative estimate of drug-likeness (QED) is 0.782. The first-order valence-electron chi connectivity index (χ1n) is 6.94. The molecule has 5 heteroatoms. The van der Waals surface area contributed by atoms with Crippen molar-refractivity contribution >= 4 is 22.7 Å². The highest BCUT2D eigenvalue weighted by molar-refractivity contribution is 5.94. The molecule has 0 aliphatic carbocycles. The number of hydrogen-bond acceptors (Lipinski definition) is 2. The maximum absolute atomic E-state index is 11.6. The van der Waals surface area contributed by atoms with Crippen LogP contribution in [0, 0.1) is 0 Å². The normalized spacial score (nSPS) is 11.9. The van der Waals surface area contributed by atoms with Crippen molar-refractivity contribution in [3.05, 3.63) is 48.0 Å². The first-order chi connectivity index (χ1) is 10.1. The molecule has 0 saturated heterocycles. The van der Waals surface area contributed by atoms with Crippen LogP contribution in [-0.4, -0.2) is 25.5 Å². The summed E-state index contributed by atoms with van der Waals surface area (Å²) in [6.07, 6.45) is 0. The maximum Gasteiger partial charge on any atom is 0.321 e. The largest absolute Gasteiger partial charge is 0.341 e. The second-order valence-electron chi connectivity index (χ2n) is 4.92. The van der Waals surface area contributed by atoms with E-state index < -0.39 is 6.03 Å². The van der Waals surface area contributed by atoms with Crippen molar-refractivity contribution in [2.24, 2.45) is 0 Å². The number of quaternary nitrogens is 1. The zero-order valence-electron chi connectivity index (χ0n) is 12.2. The molecule has 2 aromatic carbocycles. The van der Waals surface area contributed by atoms with Gasteiger partial charge < -0.3 is 10.6 Å². The van der Waals surface area contributed by atoms with Gasteiger partial charge in [0.2, 0.25) is 0 Å². The third kappa shape index (κ3) is 3.79. The van der Waals surface area contributed by atoms with E-state index in [0.29, 0.717) is 0 Å². The van der Waals surface area contributed by atoms with Crippen molar-refractivity contribution in [1.82, 2.24) is 10.6 Å². The number of hydrogen-bond donors (Lipinski definition) is 3. The summed E-state index contributed by atoms with van der Waals surface area (Å²) in [4.78, 5) is 22.7. The van der Waals surface area contributed by atoms with E-state index in [-0.39, 0.29) is 18.5 Å². The highest BCUT2D eigenvalue weighted by Crippen LogP contribution is 2.21. The first kappa shape index (κ1) is 15.0. The van der Waals surface area contributed by atoms with Crippen LogP contribution in [0.3, 0.4) is 0 Å². The van der Waals surface area contributed by atoms with E-state index in [9.17, 15) is 9.59 Å². The third-order valence-corrected chi connectivity index (χ3v) is 3.45. The van der Waals surface area contributed by atoms with Crippen LogP contribution in [0.15, 0.2) is 42.5 Å². The SMILES string of the molecule is CNC(=O)NC(=O)C[NH2+][C@H](C)c1cccc2ccccc12. The smallest absolute Gasteiger partial charge is 0.321 e. The summed E-state index contributed by atoms with van der Waals surface area (Å²) in [6.45, 7) is 2.26. The Morgan fingerprint density at radius 3 is 2.62 bits per heavy atom. The molecule has 21 heavy (non-hydrogen) atoms. The van der Waals surface area contributed by atoms with Gasteiger partial charge in [-0.05, 0) is 17.7 Å². The third-order valence-electron chi connectivity index (χ3n) is 3.45. The Labute approximate surface area is 123 Å². The highest BCUT2D eigenvalue weighted by Gasteiger charge is 2.14. The number of benzene rings is 2. The molecule has 0 bridgehead atoms. The molecule has 0 spiro atoms. The molecule has 0 aliphatic rings. The minimum atomic E-state index is -0.480. The van der Waals surface area contributed by atoms with Crippen LogP contribution < -0.4 is 16.0 Å². The fraction of sp³-hybridized carbons (Fsp3) is 0.250. The van der Waals surface area contributed by atoms with Gasteiger partial charge in [0.25, 0.3) is 5.91 Å². The summed E-state index contributed by atoms with van der Waals surface area (Å²) in [5.41, 5.74) is 1.18. The van der Waals surface area contributed by atoms with Crippen LogP contribution in [0.1, 0.15) is 18.5 Å². The number of fused-ring (bicyclic) bond motifs is 1. The average molecular weight is 286 g/mol. The van der Waals surface area contributed by atoms with Crippen molar-refractivity contribution in [1.29, 1.82) is 0 Å². The van der Waals surface area contributed by atoms with E-state index in [4.69, 9.17) is 0 Å². The number of urea groups is 1. The van der Waals surface area contributed by atoms with Gasteiger partial charge in [0.15, 0.2) is 6.54 Å². The van der Waals surface area contributed by atoms with Crippen LogP contribution in [-0.2, 0) is 4.79 Å². The topological polar surface area (TPSA) is 74.8 Å². The zero-order valence-corrected chi connectivity index (χ0v) is 12.2. The number of carbonyl (C=O) groups excluding carboxylic acids is 2.